The molecule has 1 unspecified atom stereocenters. The second-order valence-electron chi connectivity index (χ2n) is 4.75. The number of benzene rings is 2. The minimum atomic E-state index is -0.954. The Morgan fingerprint density at radius 2 is 1.65 bits per heavy atom. The fourth-order valence-electron chi connectivity index (χ4n) is 2.37. The highest BCUT2D eigenvalue weighted by Crippen LogP contribution is 2.31. The highest BCUT2D eigenvalue weighted by atomic mass is 19.1. The van der Waals surface area contributed by atoms with Gasteiger partial charge in [0.05, 0.1) is 7.11 Å². The molecule has 106 valence electrons. The summed E-state index contributed by atoms with van der Waals surface area (Å²) in [6, 6.07) is 6.91. The molecule has 20 heavy (non-hydrogen) atoms. The summed E-state index contributed by atoms with van der Waals surface area (Å²) < 4.78 is 31.6. The zero-order valence-electron chi connectivity index (χ0n) is 11.6. The molecule has 2 aromatic rings. The first-order valence-corrected chi connectivity index (χ1v) is 6.22. The quantitative estimate of drug-likeness (QED) is 0.928. The summed E-state index contributed by atoms with van der Waals surface area (Å²) in [6.45, 7) is 3.46. The molecule has 0 amide bonds. The van der Waals surface area contributed by atoms with E-state index in [1.165, 1.54) is 37.4 Å². The Morgan fingerprint density at radius 1 is 1.05 bits per heavy atom. The van der Waals surface area contributed by atoms with Gasteiger partial charge in [0.2, 0.25) is 0 Å². The van der Waals surface area contributed by atoms with Crippen molar-refractivity contribution in [1.82, 2.24) is 0 Å². The molecule has 4 heteroatoms. The Hall–Kier alpha value is -1.94. The summed E-state index contributed by atoms with van der Waals surface area (Å²) >= 11 is 0. The average molecular weight is 278 g/mol. The summed E-state index contributed by atoms with van der Waals surface area (Å²) in [6.07, 6.45) is -0.954. The molecule has 0 saturated carbocycles. The van der Waals surface area contributed by atoms with Gasteiger partial charge in [0.15, 0.2) is 11.6 Å². The van der Waals surface area contributed by atoms with Crippen LogP contribution in [0.1, 0.15) is 28.4 Å². The van der Waals surface area contributed by atoms with Gasteiger partial charge < -0.3 is 9.84 Å². The van der Waals surface area contributed by atoms with Gasteiger partial charge in [0.1, 0.15) is 11.9 Å². The largest absolute Gasteiger partial charge is 0.494 e. The lowest BCUT2D eigenvalue weighted by Crippen LogP contribution is -2.06. The van der Waals surface area contributed by atoms with Crippen molar-refractivity contribution < 1.29 is 18.6 Å². The highest BCUT2D eigenvalue weighted by molar-refractivity contribution is 5.43. The van der Waals surface area contributed by atoms with Crippen molar-refractivity contribution in [2.75, 3.05) is 7.11 Å². The van der Waals surface area contributed by atoms with Crippen LogP contribution in [0, 0.1) is 25.5 Å². The Kier molecular flexibility index (Phi) is 4.04. The lowest BCUT2D eigenvalue weighted by Gasteiger charge is -2.18. The van der Waals surface area contributed by atoms with Crippen LogP contribution in [0.5, 0.6) is 5.75 Å². The van der Waals surface area contributed by atoms with Crippen LogP contribution in [0.3, 0.4) is 0 Å². The molecule has 0 spiro atoms. The number of hydrogen-bond acceptors (Lipinski definition) is 2. The van der Waals surface area contributed by atoms with Gasteiger partial charge in [-0.05, 0) is 60.4 Å². The normalized spacial score (nSPS) is 12.3. The van der Waals surface area contributed by atoms with E-state index in [9.17, 15) is 13.9 Å². The molecule has 0 radical (unpaired) electrons. The molecule has 0 aliphatic carbocycles. The molecule has 2 aromatic carbocycles. The summed E-state index contributed by atoms with van der Waals surface area (Å²) in [4.78, 5) is 0. The van der Waals surface area contributed by atoms with E-state index in [0.717, 1.165) is 0 Å². The Labute approximate surface area is 116 Å². The fourth-order valence-corrected chi connectivity index (χ4v) is 2.37. The van der Waals surface area contributed by atoms with E-state index < -0.39 is 11.9 Å². The number of aliphatic hydroxyl groups is 1. The van der Waals surface area contributed by atoms with Crippen molar-refractivity contribution in [3.8, 4) is 5.75 Å². The van der Waals surface area contributed by atoms with Gasteiger partial charge in [-0.2, -0.15) is 0 Å². The topological polar surface area (TPSA) is 29.5 Å². The molecule has 0 aliphatic rings. The summed E-state index contributed by atoms with van der Waals surface area (Å²) in [7, 11) is 1.36. The van der Waals surface area contributed by atoms with Crippen LogP contribution >= 0.6 is 0 Å². The second-order valence-corrected chi connectivity index (χ2v) is 4.75. The smallest absolute Gasteiger partial charge is 0.165 e. The molecule has 0 aliphatic heterocycles. The SMILES string of the molecule is COc1cc(C(O)c2c(C)cc(F)cc2C)ccc1F. The summed E-state index contributed by atoms with van der Waals surface area (Å²) in [5.74, 6) is -0.761. The number of halogens is 2. The number of methoxy groups -OCH3 is 1. The van der Waals surface area contributed by atoms with Crippen LogP contribution in [0.4, 0.5) is 8.78 Å². The van der Waals surface area contributed by atoms with Gasteiger partial charge in [0.25, 0.3) is 0 Å². The Balaban J connectivity index is 2.49. The third-order valence-electron chi connectivity index (χ3n) is 3.32. The maximum atomic E-state index is 13.4. The Bertz CT molecular complexity index is 615. The van der Waals surface area contributed by atoms with Crippen molar-refractivity contribution >= 4 is 0 Å². The van der Waals surface area contributed by atoms with E-state index in [1.807, 2.05) is 0 Å². The van der Waals surface area contributed by atoms with Crippen LogP contribution in [-0.2, 0) is 0 Å². The van der Waals surface area contributed by atoms with E-state index in [1.54, 1.807) is 13.8 Å². The first kappa shape index (κ1) is 14.5. The van der Waals surface area contributed by atoms with Crippen molar-refractivity contribution in [2.24, 2.45) is 0 Å². The number of hydrogen-bond donors (Lipinski definition) is 1. The van der Waals surface area contributed by atoms with Crippen molar-refractivity contribution in [1.29, 1.82) is 0 Å². The number of aryl methyl sites for hydroxylation is 2. The summed E-state index contributed by atoms with van der Waals surface area (Å²) in [5.41, 5.74) is 2.43. The van der Waals surface area contributed by atoms with Crippen molar-refractivity contribution in [2.45, 2.75) is 20.0 Å². The van der Waals surface area contributed by atoms with Gasteiger partial charge in [0, 0.05) is 0 Å². The van der Waals surface area contributed by atoms with Crippen LogP contribution in [0.15, 0.2) is 30.3 Å². The van der Waals surface area contributed by atoms with E-state index >= 15 is 0 Å². The number of aliphatic hydroxyl groups excluding tert-OH is 1. The second kappa shape index (κ2) is 5.59. The molecule has 0 heterocycles. The third-order valence-corrected chi connectivity index (χ3v) is 3.32. The molecule has 2 nitrogen and oxygen atoms in total. The zero-order chi connectivity index (χ0) is 14.9. The maximum Gasteiger partial charge on any atom is 0.165 e. The molecule has 0 bridgehead atoms. The minimum absolute atomic E-state index is 0.0685. The monoisotopic (exact) mass is 278 g/mol. The van der Waals surface area contributed by atoms with Gasteiger partial charge in [-0.15, -0.1) is 0 Å². The fraction of sp³-hybridized carbons (Fsp3) is 0.250. The Morgan fingerprint density at radius 3 is 2.20 bits per heavy atom. The highest BCUT2D eigenvalue weighted by Gasteiger charge is 2.18. The van der Waals surface area contributed by atoms with E-state index in [-0.39, 0.29) is 11.6 Å². The predicted octanol–water partition coefficient (Wildman–Crippen LogP) is 3.67. The lowest BCUT2D eigenvalue weighted by atomic mass is 9.93. The summed E-state index contributed by atoms with van der Waals surface area (Å²) in [5, 5.41) is 10.5. The number of rotatable bonds is 3. The zero-order valence-corrected chi connectivity index (χ0v) is 11.6. The van der Waals surface area contributed by atoms with E-state index in [2.05, 4.69) is 0 Å². The molecule has 0 aromatic heterocycles. The van der Waals surface area contributed by atoms with Crippen molar-refractivity contribution in [3.05, 3.63) is 64.2 Å². The standard InChI is InChI=1S/C16H16F2O2/c1-9-6-12(17)7-10(2)15(9)16(19)11-4-5-13(18)14(8-11)20-3/h4-8,16,19H,1-3H3. The minimum Gasteiger partial charge on any atom is -0.494 e. The number of ether oxygens (including phenoxy) is 1. The molecule has 0 fully saturated rings. The molecular formula is C16H16F2O2. The van der Waals surface area contributed by atoms with Crippen LogP contribution in [0.25, 0.3) is 0 Å². The first-order chi connectivity index (χ1) is 9.43. The average Bonchev–Trinajstić information content (AvgIpc) is 2.37. The molecule has 2 rings (SSSR count). The van der Waals surface area contributed by atoms with Gasteiger partial charge in [-0.3, -0.25) is 0 Å². The maximum absolute atomic E-state index is 13.4. The van der Waals surface area contributed by atoms with Gasteiger partial charge in [-0.25, -0.2) is 8.78 Å². The first-order valence-electron chi connectivity index (χ1n) is 6.22. The van der Waals surface area contributed by atoms with E-state index in [4.69, 9.17) is 4.74 Å². The van der Waals surface area contributed by atoms with Crippen molar-refractivity contribution in [3.63, 3.8) is 0 Å². The van der Waals surface area contributed by atoms with E-state index in [0.29, 0.717) is 22.3 Å². The molecule has 1 N–H and O–H groups in total. The van der Waals surface area contributed by atoms with Crippen LogP contribution in [-0.4, -0.2) is 12.2 Å². The predicted molar refractivity (Wildman–Crippen MR) is 72.9 cm³/mol. The molecule has 1 atom stereocenters. The lowest BCUT2D eigenvalue weighted by molar-refractivity contribution is 0.218. The van der Waals surface area contributed by atoms with Crippen LogP contribution < -0.4 is 4.74 Å². The van der Waals surface area contributed by atoms with Gasteiger partial charge in [-0.1, -0.05) is 6.07 Å². The molecule has 0 saturated heterocycles. The third kappa shape index (κ3) is 2.65. The molecular weight excluding hydrogens is 262 g/mol. The van der Waals surface area contributed by atoms with Crippen LogP contribution in [0.2, 0.25) is 0 Å². The van der Waals surface area contributed by atoms with Gasteiger partial charge >= 0.3 is 0 Å².